The summed E-state index contributed by atoms with van der Waals surface area (Å²) >= 11 is 5.82. The highest BCUT2D eigenvalue weighted by atomic mass is 35.5. The highest BCUT2D eigenvalue weighted by molar-refractivity contribution is 6.29. The van der Waals surface area contributed by atoms with Crippen molar-refractivity contribution in [1.82, 2.24) is 15.6 Å². The van der Waals surface area contributed by atoms with Crippen molar-refractivity contribution in [1.29, 1.82) is 0 Å². The summed E-state index contributed by atoms with van der Waals surface area (Å²) in [6.45, 7) is 6.41. The third kappa shape index (κ3) is 6.23. The van der Waals surface area contributed by atoms with Gasteiger partial charge in [0.1, 0.15) is 5.15 Å². The van der Waals surface area contributed by atoms with Crippen LogP contribution in [0.15, 0.2) is 41.5 Å². The molecule has 6 heteroatoms. The number of nitrogens with one attached hydrogen (secondary N) is 2. The molecule has 2 N–H and O–H groups in total. The van der Waals surface area contributed by atoms with Gasteiger partial charge in [-0.05, 0) is 49.1 Å². The maximum absolute atomic E-state index is 5.82. The number of anilines is 1. The average Bonchev–Trinajstić information content (AvgIpc) is 2.62. The van der Waals surface area contributed by atoms with E-state index < -0.39 is 0 Å². The number of aromatic nitrogens is 1. The van der Waals surface area contributed by atoms with Gasteiger partial charge in [0.05, 0.1) is 6.54 Å². The second kappa shape index (κ2) is 10.0. The molecule has 0 spiro atoms. The lowest BCUT2D eigenvalue weighted by Crippen LogP contribution is -2.38. The van der Waals surface area contributed by atoms with Gasteiger partial charge in [-0.25, -0.2) is 9.98 Å². The van der Waals surface area contributed by atoms with Gasteiger partial charge in [-0.15, -0.1) is 0 Å². The van der Waals surface area contributed by atoms with Crippen molar-refractivity contribution in [3.8, 4) is 0 Å². The number of halogens is 1. The van der Waals surface area contributed by atoms with Crippen LogP contribution in [0.4, 0.5) is 5.69 Å². The van der Waals surface area contributed by atoms with Crippen molar-refractivity contribution in [3.63, 3.8) is 0 Å². The van der Waals surface area contributed by atoms with E-state index in [1.54, 1.807) is 0 Å². The topological polar surface area (TPSA) is 52.6 Å². The van der Waals surface area contributed by atoms with Gasteiger partial charge in [0.15, 0.2) is 5.96 Å². The van der Waals surface area contributed by atoms with E-state index in [1.165, 1.54) is 16.8 Å². The Bertz CT molecular complexity index is 725. The van der Waals surface area contributed by atoms with E-state index in [0.717, 1.165) is 31.0 Å². The summed E-state index contributed by atoms with van der Waals surface area (Å²) in [5.74, 6) is 0.819. The van der Waals surface area contributed by atoms with E-state index in [-0.39, 0.29) is 0 Å². The SMILES string of the molecule is CCNC(=NCc1ccc(C)cc1N(C)C)NCCc1ccc(Cl)nc1. The van der Waals surface area contributed by atoms with Crippen molar-refractivity contribution < 1.29 is 0 Å². The number of aryl methyl sites for hydroxylation is 1. The number of guanidine groups is 1. The zero-order chi connectivity index (χ0) is 18.9. The first-order valence-electron chi connectivity index (χ1n) is 8.89. The third-order valence-corrected chi connectivity index (χ3v) is 4.19. The maximum Gasteiger partial charge on any atom is 0.191 e. The van der Waals surface area contributed by atoms with Gasteiger partial charge >= 0.3 is 0 Å². The average molecular weight is 374 g/mol. The molecule has 0 amide bonds. The zero-order valence-electron chi connectivity index (χ0n) is 16.0. The summed E-state index contributed by atoms with van der Waals surface area (Å²) in [6.07, 6.45) is 2.67. The summed E-state index contributed by atoms with van der Waals surface area (Å²) in [4.78, 5) is 11.0. The molecule has 0 unspecified atom stereocenters. The number of pyridine rings is 1. The lowest BCUT2D eigenvalue weighted by Gasteiger charge is -2.18. The van der Waals surface area contributed by atoms with Crippen LogP contribution in [0.25, 0.3) is 0 Å². The molecule has 2 aromatic rings. The number of hydrogen-bond donors (Lipinski definition) is 2. The number of benzene rings is 1. The molecular weight excluding hydrogens is 346 g/mol. The van der Waals surface area contributed by atoms with Crippen LogP contribution in [-0.2, 0) is 13.0 Å². The summed E-state index contributed by atoms with van der Waals surface area (Å²) in [6, 6.07) is 10.3. The maximum atomic E-state index is 5.82. The zero-order valence-corrected chi connectivity index (χ0v) is 16.8. The minimum Gasteiger partial charge on any atom is -0.377 e. The van der Waals surface area contributed by atoms with Crippen LogP contribution in [0.2, 0.25) is 5.15 Å². The Morgan fingerprint density at radius 1 is 1.19 bits per heavy atom. The summed E-state index contributed by atoms with van der Waals surface area (Å²) < 4.78 is 0. The van der Waals surface area contributed by atoms with Crippen molar-refractivity contribution in [2.75, 3.05) is 32.1 Å². The van der Waals surface area contributed by atoms with Gasteiger partial charge < -0.3 is 15.5 Å². The predicted molar refractivity (Wildman–Crippen MR) is 111 cm³/mol. The predicted octanol–water partition coefficient (Wildman–Crippen LogP) is 3.41. The summed E-state index contributed by atoms with van der Waals surface area (Å²) in [5.41, 5.74) is 4.81. The molecule has 5 nitrogen and oxygen atoms in total. The van der Waals surface area contributed by atoms with Crippen LogP contribution < -0.4 is 15.5 Å². The molecule has 0 radical (unpaired) electrons. The second-order valence-corrected chi connectivity index (χ2v) is 6.77. The lowest BCUT2D eigenvalue weighted by molar-refractivity contribution is 0.797. The Morgan fingerprint density at radius 2 is 2.00 bits per heavy atom. The summed E-state index contributed by atoms with van der Waals surface area (Å²) in [5, 5.41) is 7.20. The fourth-order valence-corrected chi connectivity index (χ4v) is 2.72. The standard InChI is InChI=1S/C20H28ClN5/c1-5-22-20(23-11-10-16-7-9-19(21)24-13-16)25-14-17-8-6-15(2)12-18(17)26(3)4/h6-9,12-13H,5,10-11,14H2,1-4H3,(H2,22,23,25). The Balaban J connectivity index is 1.99. The van der Waals surface area contributed by atoms with Crippen molar-refractivity contribution in [3.05, 3.63) is 58.4 Å². The quantitative estimate of drug-likeness (QED) is 0.443. The van der Waals surface area contributed by atoms with E-state index in [9.17, 15) is 0 Å². The molecule has 0 saturated carbocycles. The molecule has 1 heterocycles. The van der Waals surface area contributed by atoms with Gasteiger partial charge in [0.2, 0.25) is 0 Å². The van der Waals surface area contributed by atoms with E-state index in [0.29, 0.717) is 11.7 Å². The first-order valence-corrected chi connectivity index (χ1v) is 9.27. The Labute approximate surface area is 161 Å². The van der Waals surface area contributed by atoms with E-state index in [2.05, 4.69) is 66.7 Å². The molecule has 2 rings (SSSR count). The van der Waals surface area contributed by atoms with E-state index in [1.807, 2.05) is 18.3 Å². The fraction of sp³-hybridized carbons (Fsp3) is 0.400. The number of aliphatic imine (C=N–C) groups is 1. The second-order valence-electron chi connectivity index (χ2n) is 6.39. The molecule has 1 aromatic heterocycles. The summed E-state index contributed by atoms with van der Waals surface area (Å²) in [7, 11) is 4.12. The molecule has 0 bridgehead atoms. The number of rotatable bonds is 7. The third-order valence-electron chi connectivity index (χ3n) is 3.97. The van der Waals surface area contributed by atoms with E-state index >= 15 is 0 Å². The van der Waals surface area contributed by atoms with Crippen LogP contribution in [0, 0.1) is 6.92 Å². The molecule has 0 atom stereocenters. The number of hydrogen-bond acceptors (Lipinski definition) is 3. The monoisotopic (exact) mass is 373 g/mol. The molecule has 0 aliphatic carbocycles. The van der Waals surface area contributed by atoms with Gasteiger partial charge in [-0.3, -0.25) is 0 Å². The van der Waals surface area contributed by atoms with Gasteiger partial charge in [0, 0.05) is 39.1 Å². The first-order chi connectivity index (χ1) is 12.5. The van der Waals surface area contributed by atoms with Crippen LogP contribution in [-0.4, -0.2) is 38.1 Å². The Kier molecular flexibility index (Phi) is 7.73. The Morgan fingerprint density at radius 3 is 2.65 bits per heavy atom. The smallest absolute Gasteiger partial charge is 0.191 e. The van der Waals surface area contributed by atoms with Gasteiger partial charge in [0.25, 0.3) is 0 Å². The van der Waals surface area contributed by atoms with Crippen LogP contribution in [0.5, 0.6) is 0 Å². The van der Waals surface area contributed by atoms with E-state index in [4.69, 9.17) is 16.6 Å². The minimum atomic E-state index is 0.520. The number of nitrogens with zero attached hydrogens (tertiary/aromatic N) is 3. The van der Waals surface area contributed by atoms with Crippen LogP contribution in [0.3, 0.4) is 0 Å². The van der Waals surface area contributed by atoms with Crippen molar-refractivity contribution >= 4 is 23.2 Å². The molecule has 1 aromatic carbocycles. The highest BCUT2D eigenvalue weighted by Gasteiger charge is 2.05. The van der Waals surface area contributed by atoms with Crippen LogP contribution in [0.1, 0.15) is 23.6 Å². The molecule has 0 aliphatic heterocycles. The molecule has 0 fully saturated rings. The highest BCUT2D eigenvalue weighted by Crippen LogP contribution is 2.21. The molecule has 0 aliphatic rings. The molecule has 0 saturated heterocycles. The van der Waals surface area contributed by atoms with Gasteiger partial charge in [-0.2, -0.15) is 0 Å². The van der Waals surface area contributed by atoms with Crippen LogP contribution >= 0.6 is 11.6 Å². The molecule has 26 heavy (non-hydrogen) atoms. The first kappa shape index (κ1) is 20.0. The molecular formula is C20H28ClN5. The van der Waals surface area contributed by atoms with Crippen molar-refractivity contribution in [2.24, 2.45) is 4.99 Å². The van der Waals surface area contributed by atoms with Crippen molar-refractivity contribution in [2.45, 2.75) is 26.8 Å². The lowest BCUT2D eigenvalue weighted by atomic mass is 10.1. The minimum absolute atomic E-state index is 0.520. The Hall–Kier alpha value is -2.27. The largest absolute Gasteiger partial charge is 0.377 e. The normalized spacial score (nSPS) is 11.3. The fourth-order valence-electron chi connectivity index (χ4n) is 2.61. The van der Waals surface area contributed by atoms with Gasteiger partial charge in [-0.1, -0.05) is 29.8 Å². The molecule has 140 valence electrons.